The molecule has 0 aliphatic rings. The number of carboxylic acids is 1. The molecule has 0 aliphatic heterocycles. The molecule has 0 bridgehead atoms. The van der Waals surface area contributed by atoms with E-state index >= 15 is 0 Å². The van der Waals surface area contributed by atoms with Crippen LogP contribution in [0.5, 0.6) is 0 Å². The van der Waals surface area contributed by atoms with E-state index in [0.717, 1.165) is 22.8 Å². The molecule has 8 heteroatoms. The number of carbonyl (C=O) groups is 3. The van der Waals surface area contributed by atoms with Gasteiger partial charge in [-0.2, -0.15) is 0 Å². The van der Waals surface area contributed by atoms with Crippen molar-refractivity contribution in [3.05, 3.63) is 48.0 Å². The van der Waals surface area contributed by atoms with Gasteiger partial charge in [0.25, 0.3) is 0 Å². The van der Waals surface area contributed by atoms with Gasteiger partial charge in [-0.25, -0.2) is 14.4 Å². The van der Waals surface area contributed by atoms with Gasteiger partial charge in [0.05, 0.1) is 13.2 Å². The lowest BCUT2D eigenvalue weighted by Gasteiger charge is -2.28. The number of esters is 1. The first-order valence-corrected chi connectivity index (χ1v) is 11.3. The summed E-state index contributed by atoms with van der Waals surface area (Å²) in [6.07, 6.45) is 0.119. The fourth-order valence-electron chi connectivity index (χ4n) is 3.51. The molecule has 0 radical (unpaired) electrons. The van der Waals surface area contributed by atoms with Gasteiger partial charge in [-0.05, 0) is 28.7 Å². The molecule has 2 atom stereocenters. The average molecular weight is 459 g/mol. The Balaban J connectivity index is 2.12. The predicted octanol–water partition coefficient (Wildman–Crippen LogP) is 3.21. The SMILES string of the molecule is CCCCOC(=O)[C@@H](O)CN(CC(C)C)C(=O)N[C@@H](Cc1cccc2ccccc12)C(=O)O. The Kier molecular flexibility index (Phi) is 10.1. The second kappa shape index (κ2) is 12.8. The summed E-state index contributed by atoms with van der Waals surface area (Å²) < 4.78 is 5.03. The minimum atomic E-state index is -1.51. The number of aliphatic carboxylic acids is 1. The van der Waals surface area contributed by atoms with Crippen LogP contribution >= 0.6 is 0 Å². The number of hydrogen-bond acceptors (Lipinski definition) is 5. The van der Waals surface area contributed by atoms with Crippen LogP contribution in [0.1, 0.15) is 39.2 Å². The Morgan fingerprint density at radius 1 is 1.06 bits per heavy atom. The van der Waals surface area contributed by atoms with E-state index < -0.39 is 30.1 Å². The maximum absolute atomic E-state index is 13.0. The number of fused-ring (bicyclic) bond motifs is 1. The molecule has 2 amide bonds. The molecule has 180 valence electrons. The summed E-state index contributed by atoms with van der Waals surface area (Å²) in [5.74, 6) is -1.92. The van der Waals surface area contributed by atoms with Crippen molar-refractivity contribution in [1.29, 1.82) is 0 Å². The number of benzene rings is 2. The molecule has 0 aromatic heterocycles. The van der Waals surface area contributed by atoms with Crippen LogP contribution in [0.2, 0.25) is 0 Å². The number of urea groups is 1. The zero-order chi connectivity index (χ0) is 24.4. The largest absolute Gasteiger partial charge is 0.480 e. The van der Waals surface area contributed by atoms with E-state index in [2.05, 4.69) is 5.32 Å². The van der Waals surface area contributed by atoms with E-state index in [1.165, 1.54) is 4.90 Å². The van der Waals surface area contributed by atoms with E-state index in [1.54, 1.807) is 0 Å². The third kappa shape index (κ3) is 8.05. The number of carboxylic acid groups (broad SMARTS) is 1. The van der Waals surface area contributed by atoms with E-state index in [4.69, 9.17) is 4.74 Å². The van der Waals surface area contributed by atoms with Crippen LogP contribution in [-0.4, -0.2) is 64.9 Å². The van der Waals surface area contributed by atoms with Gasteiger partial charge in [0.1, 0.15) is 6.04 Å². The van der Waals surface area contributed by atoms with Crippen molar-refractivity contribution in [3.8, 4) is 0 Å². The van der Waals surface area contributed by atoms with Gasteiger partial charge < -0.3 is 25.2 Å². The molecule has 0 heterocycles. The molecular weight excluding hydrogens is 424 g/mol. The molecule has 0 saturated heterocycles. The summed E-state index contributed by atoms with van der Waals surface area (Å²) in [6, 6.07) is 11.4. The van der Waals surface area contributed by atoms with Crippen molar-refractivity contribution in [2.24, 2.45) is 5.92 Å². The molecule has 0 saturated carbocycles. The summed E-state index contributed by atoms with van der Waals surface area (Å²) in [7, 11) is 0. The van der Waals surface area contributed by atoms with Crippen LogP contribution < -0.4 is 5.32 Å². The van der Waals surface area contributed by atoms with Crippen LogP contribution in [0.15, 0.2) is 42.5 Å². The number of amides is 2. The molecule has 2 aromatic rings. The first kappa shape index (κ1) is 26.1. The Morgan fingerprint density at radius 2 is 1.76 bits per heavy atom. The zero-order valence-corrected chi connectivity index (χ0v) is 19.5. The van der Waals surface area contributed by atoms with Gasteiger partial charge in [-0.3, -0.25) is 0 Å². The Hall–Kier alpha value is -3.13. The van der Waals surface area contributed by atoms with Crippen LogP contribution in [-0.2, 0) is 20.7 Å². The Labute approximate surface area is 194 Å². The lowest BCUT2D eigenvalue weighted by molar-refractivity contribution is -0.154. The highest BCUT2D eigenvalue weighted by molar-refractivity contribution is 5.88. The highest BCUT2D eigenvalue weighted by atomic mass is 16.5. The van der Waals surface area contributed by atoms with E-state index in [0.29, 0.717) is 6.42 Å². The normalized spacial score (nSPS) is 12.9. The van der Waals surface area contributed by atoms with Crippen molar-refractivity contribution in [3.63, 3.8) is 0 Å². The molecule has 0 unspecified atom stereocenters. The second-order valence-electron chi connectivity index (χ2n) is 8.52. The monoisotopic (exact) mass is 458 g/mol. The van der Waals surface area contributed by atoms with Gasteiger partial charge in [-0.1, -0.05) is 69.7 Å². The number of aliphatic hydroxyl groups is 1. The van der Waals surface area contributed by atoms with E-state index in [9.17, 15) is 24.6 Å². The number of hydrogen-bond donors (Lipinski definition) is 3. The fraction of sp³-hybridized carbons (Fsp3) is 0.480. The smallest absolute Gasteiger partial charge is 0.336 e. The van der Waals surface area contributed by atoms with E-state index in [1.807, 2.05) is 63.2 Å². The number of nitrogens with one attached hydrogen (secondary N) is 1. The number of aliphatic hydroxyl groups excluding tert-OH is 1. The molecule has 8 nitrogen and oxygen atoms in total. The molecule has 0 aliphatic carbocycles. The standard InChI is InChI=1S/C25H34N2O6/c1-4-5-13-33-24(31)22(28)16-27(15-17(2)3)25(32)26-21(23(29)30)14-19-11-8-10-18-9-6-7-12-20(18)19/h6-12,17,21-22,28H,4-5,13-16H2,1-3H3,(H,26,32)(H,29,30)/t21-,22-/m0/s1. The summed E-state index contributed by atoms with van der Waals surface area (Å²) in [6.45, 7) is 5.89. The second-order valence-corrected chi connectivity index (χ2v) is 8.52. The molecule has 2 rings (SSSR count). The number of unbranched alkanes of at least 4 members (excludes halogenated alkanes) is 1. The van der Waals surface area contributed by atoms with Crippen LogP contribution in [0.4, 0.5) is 4.79 Å². The fourth-order valence-corrected chi connectivity index (χ4v) is 3.51. The Morgan fingerprint density at radius 3 is 2.42 bits per heavy atom. The maximum atomic E-state index is 13.0. The van der Waals surface area contributed by atoms with Crippen molar-refractivity contribution < 1.29 is 29.3 Å². The molecule has 33 heavy (non-hydrogen) atoms. The third-order valence-corrected chi connectivity index (χ3v) is 5.18. The quantitative estimate of drug-likeness (QED) is 0.332. The maximum Gasteiger partial charge on any atom is 0.336 e. The van der Waals surface area contributed by atoms with Gasteiger partial charge in [0.2, 0.25) is 0 Å². The van der Waals surface area contributed by atoms with Crippen LogP contribution in [0.25, 0.3) is 10.8 Å². The lowest BCUT2D eigenvalue weighted by atomic mass is 9.99. The third-order valence-electron chi connectivity index (χ3n) is 5.18. The minimum absolute atomic E-state index is 0.0420. The van der Waals surface area contributed by atoms with Crippen LogP contribution in [0.3, 0.4) is 0 Å². The first-order valence-electron chi connectivity index (χ1n) is 11.3. The number of ether oxygens (including phenoxy) is 1. The summed E-state index contributed by atoms with van der Waals surface area (Å²) >= 11 is 0. The molecule has 2 aromatic carbocycles. The molecule has 0 spiro atoms. The molecule has 3 N–H and O–H groups in total. The Bertz CT molecular complexity index is 940. The van der Waals surface area contributed by atoms with Gasteiger partial charge in [0.15, 0.2) is 6.10 Å². The summed E-state index contributed by atoms with van der Waals surface area (Å²) in [4.78, 5) is 38.2. The van der Waals surface area contributed by atoms with Crippen molar-refractivity contribution in [2.45, 2.75) is 52.2 Å². The molecule has 0 fully saturated rings. The first-order chi connectivity index (χ1) is 15.7. The average Bonchev–Trinajstić information content (AvgIpc) is 2.77. The zero-order valence-electron chi connectivity index (χ0n) is 19.5. The summed E-state index contributed by atoms with van der Waals surface area (Å²) in [5, 5.41) is 24.4. The van der Waals surface area contributed by atoms with Crippen molar-refractivity contribution >= 4 is 28.7 Å². The van der Waals surface area contributed by atoms with Crippen molar-refractivity contribution in [2.75, 3.05) is 19.7 Å². The number of rotatable bonds is 12. The minimum Gasteiger partial charge on any atom is -0.480 e. The number of carbonyl (C=O) groups excluding carboxylic acids is 2. The van der Waals surface area contributed by atoms with Gasteiger partial charge in [-0.15, -0.1) is 0 Å². The van der Waals surface area contributed by atoms with Gasteiger partial charge in [0, 0.05) is 13.0 Å². The van der Waals surface area contributed by atoms with E-state index in [-0.39, 0.29) is 32.0 Å². The lowest BCUT2D eigenvalue weighted by Crippen LogP contribution is -2.52. The molecular formula is C25H34N2O6. The highest BCUT2D eigenvalue weighted by Crippen LogP contribution is 2.20. The predicted molar refractivity (Wildman–Crippen MR) is 126 cm³/mol. The van der Waals surface area contributed by atoms with Crippen molar-refractivity contribution in [1.82, 2.24) is 10.2 Å². The highest BCUT2D eigenvalue weighted by Gasteiger charge is 2.28. The topological polar surface area (TPSA) is 116 Å². The number of nitrogens with zero attached hydrogens (tertiary/aromatic N) is 1. The summed E-state index contributed by atoms with van der Waals surface area (Å²) in [5.41, 5.74) is 0.802. The van der Waals surface area contributed by atoms with Gasteiger partial charge >= 0.3 is 18.0 Å². The van der Waals surface area contributed by atoms with Crippen LogP contribution in [0, 0.1) is 5.92 Å².